The van der Waals surface area contributed by atoms with Gasteiger partial charge in [-0.3, -0.25) is 0 Å². The lowest BCUT2D eigenvalue weighted by atomic mass is 10.2. The van der Waals surface area contributed by atoms with E-state index in [1.807, 2.05) is 6.07 Å². The van der Waals surface area contributed by atoms with Crippen LogP contribution in [0.1, 0.15) is 10.4 Å². The van der Waals surface area contributed by atoms with Crippen LogP contribution in [0.5, 0.6) is 5.75 Å². The fraction of sp³-hybridized carbons (Fsp3) is 0.273. The average molecular weight is 208 g/mol. The van der Waals surface area contributed by atoms with Crippen LogP contribution in [0.3, 0.4) is 0 Å². The van der Waals surface area contributed by atoms with E-state index >= 15 is 0 Å². The van der Waals surface area contributed by atoms with Gasteiger partial charge in [-0.25, -0.2) is 0 Å². The standard InChI is InChI=1S/C11H12O2S/c1-7-3-4-8-9(5-7)14-10(6-12)11(8)13-2/h3-5,12H,6H2,1-2H3. The predicted molar refractivity (Wildman–Crippen MR) is 59.0 cm³/mol. The Bertz CT molecular complexity index is 460. The van der Waals surface area contributed by atoms with Gasteiger partial charge in [0.25, 0.3) is 0 Å². The van der Waals surface area contributed by atoms with Gasteiger partial charge in [0, 0.05) is 10.1 Å². The van der Waals surface area contributed by atoms with Crippen LogP contribution in [-0.4, -0.2) is 12.2 Å². The maximum absolute atomic E-state index is 9.15. The Kier molecular flexibility index (Phi) is 2.44. The fourth-order valence-corrected chi connectivity index (χ4v) is 2.69. The molecule has 0 aliphatic carbocycles. The third-order valence-corrected chi connectivity index (χ3v) is 3.33. The molecule has 0 aliphatic heterocycles. The maximum Gasteiger partial charge on any atom is 0.142 e. The molecule has 0 unspecified atom stereocenters. The Morgan fingerprint density at radius 3 is 2.86 bits per heavy atom. The van der Waals surface area contributed by atoms with Gasteiger partial charge in [-0.2, -0.15) is 0 Å². The van der Waals surface area contributed by atoms with Crippen molar-refractivity contribution in [1.82, 2.24) is 0 Å². The summed E-state index contributed by atoms with van der Waals surface area (Å²) >= 11 is 1.59. The van der Waals surface area contributed by atoms with Crippen molar-refractivity contribution < 1.29 is 9.84 Å². The van der Waals surface area contributed by atoms with Crippen LogP contribution in [0.15, 0.2) is 18.2 Å². The highest BCUT2D eigenvalue weighted by Crippen LogP contribution is 2.37. The van der Waals surface area contributed by atoms with Crippen LogP contribution in [-0.2, 0) is 6.61 Å². The van der Waals surface area contributed by atoms with Gasteiger partial charge in [-0.15, -0.1) is 11.3 Å². The van der Waals surface area contributed by atoms with Crippen LogP contribution < -0.4 is 4.74 Å². The fourth-order valence-electron chi connectivity index (χ4n) is 1.56. The van der Waals surface area contributed by atoms with Crippen LogP contribution in [0.2, 0.25) is 0 Å². The summed E-state index contributed by atoms with van der Waals surface area (Å²) in [6, 6.07) is 6.21. The molecule has 0 aliphatic rings. The Balaban J connectivity index is 2.73. The molecule has 2 aromatic rings. The van der Waals surface area contributed by atoms with Crippen LogP contribution in [0, 0.1) is 6.92 Å². The molecule has 1 aromatic heterocycles. The first-order valence-corrected chi connectivity index (χ1v) is 5.24. The second-order valence-electron chi connectivity index (χ2n) is 3.22. The van der Waals surface area contributed by atoms with Gasteiger partial charge in [0.1, 0.15) is 5.75 Å². The molecule has 0 amide bonds. The third kappa shape index (κ3) is 1.38. The number of aliphatic hydroxyl groups is 1. The van der Waals surface area contributed by atoms with Crippen molar-refractivity contribution in [3.8, 4) is 5.75 Å². The molecule has 1 N–H and O–H groups in total. The first kappa shape index (κ1) is 9.49. The molecule has 0 fully saturated rings. The van der Waals surface area contributed by atoms with E-state index in [2.05, 4.69) is 19.1 Å². The van der Waals surface area contributed by atoms with E-state index < -0.39 is 0 Å². The van der Waals surface area contributed by atoms with Crippen LogP contribution in [0.25, 0.3) is 10.1 Å². The molecular weight excluding hydrogens is 196 g/mol. The van der Waals surface area contributed by atoms with Crippen molar-refractivity contribution in [3.05, 3.63) is 28.6 Å². The Hall–Kier alpha value is -1.06. The number of methoxy groups -OCH3 is 1. The minimum atomic E-state index is 0.0432. The van der Waals surface area contributed by atoms with E-state index in [9.17, 15) is 0 Å². The number of hydrogen-bond donors (Lipinski definition) is 1. The molecule has 0 radical (unpaired) electrons. The maximum atomic E-state index is 9.15. The first-order valence-electron chi connectivity index (χ1n) is 4.43. The number of aliphatic hydroxyl groups excluding tert-OH is 1. The van der Waals surface area contributed by atoms with Crippen molar-refractivity contribution in [2.45, 2.75) is 13.5 Å². The Morgan fingerprint density at radius 1 is 1.43 bits per heavy atom. The molecule has 0 bridgehead atoms. The second-order valence-corrected chi connectivity index (χ2v) is 4.35. The van der Waals surface area contributed by atoms with Gasteiger partial charge in [0.05, 0.1) is 18.6 Å². The minimum Gasteiger partial charge on any atom is -0.495 e. The lowest BCUT2D eigenvalue weighted by Crippen LogP contribution is -1.85. The quantitative estimate of drug-likeness (QED) is 0.822. The molecule has 0 saturated carbocycles. The summed E-state index contributed by atoms with van der Waals surface area (Å²) in [7, 11) is 1.64. The largest absolute Gasteiger partial charge is 0.495 e. The molecular formula is C11H12O2S. The molecule has 2 nitrogen and oxygen atoms in total. The van der Waals surface area contributed by atoms with Crippen LogP contribution >= 0.6 is 11.3 Å². The van der Waals surface area contributed by atoms with E-state index in [1.165, 1.54) is 10.3 Å². The lowest BCUT2D eigenvalue weighted by Gasteiger charge is -1.99. The molecule has 14 heavy (non-hydrogen) atoms. The summed E-state index contributed by atoms with van der Waals surface area (Å²) in [6.45, 7) is 2.10. The highest BCUT2D eigenvalue weighted by Gasteiger charge is 2.11. The van der Waals surface area contributed by atoms with Crippen LogP contribution in [0.4, 0.5) is 0 Å². The first-order chi connectivity index (χ1) is 6.76. The molecule has 1 aromatic carbocycles. The molecule has 74 valence electrons. The molecule has 2 rings (SSSR count). The molecule has 0 spiro atoms. The monoisotopic (exact) mass is 208 g/mol. The third-order valence-electron chi connectivity index (χ3n) is 2.22. The van der Waals surface area contributed by atoms with Crippen molar-refractivity contribution in [2.75, 3.05) is 7.11 Å². The van der Waals surface area contributed by atoms with Gasteiger partial charge >= 0.3 is 0 Å². The van der Waals surface area contributed by atoms with E-state index in [0.29, 0.717) is 0 Å². The van der Waals surface area contributed by atoms with Crippen molar-refractivity contribution >= 4 is 21.4 Å². The van der Waals surface area contributed by atoms with Crippen molar-refractivity contribution in [3.63, 3.8) is 0 Å². The molecule has 1 heterocycles. The number of hydrogen-bond acceptors (Lipinski definition) is 3. The minimum absolute atomic E-state index is 0.0432. The van der Waals surface area contributed by atoms with E-state index in [4.69, 9.17) is 9.84 Å². The summed E-state index contributed by atoms with van der Waals surface area (Å²) in [6.07, 6.45) is 0. The number of rotatable bonds is 2. The zero-order valence-corrected chi connectivity index (χ0v) is 9.02. The number of thiophene rings is 1. The van der Waals surface area contributed by atoms with Gasteiger partial charge in [-0.1, -0.05) is 6.07 Å². The molecule has 0 saturated heterocycles. The van der Waals surface area contributed by atoms with E-state index in [-0.39, 0.29) is 6.61 Å². The zero-order valence-electron chi connectivity index (χ0n) is 8.20. The summed E-state index contributed by atoms with van der Waals surface area (Å²) in [5, 5.41) is 10.2. The topological polar surface area (TPSA) is 29.5 Å². The Morgan fingerprint density at radius 2 is 2.21 bits per heavy atom. The zero-order chi connectivity index (χ0) is 10.1. The normalized spacial score (nSPS) is 10.8. The lowest BCUT2D eigenvalue weighted by molar-refractivity contribution is 0.278. The van der Waals surface area contributed by atoms with Gasteiger partial charge in [0.15, 0.2) is 0 Å². The summed E-state index contributed by atoms with van der Waals surface area (Å²) < 4.78 is 6.45. The summed E-state index contributed by atoms with van der Waals surface area (Å²) in [5.74, 6) is 0.813. The average Bonchev–Trinajstić information content (AvgIpc) is 2.54. The van der Waals surface area contributed by atoms with E-state index in [0.717, 1.165) is 16.0 Å². The number of benzene rings is 1. The summed E-state index contributed by atoms with van der Waals surface area (Å²) in [4.78, 5) is 0.896. The summed E-state index contributed by atoms with van der Waals surface area (Å²) in [5.41, 5.74) is 1.23. The molecule has 0 atom stereocenters. The number of ether oxygens (including phenoxy) is 1. The Labute approximate surface area is 86.8 Å². The molecule has 3 heteroatoms. The smallest absolute Gasteiger partial charge is 0.142 e. The highest BCUT2D eigenvalue weighted by molar-refractivity contribution is 7.19. The van der Waals surface area contributed by atoms with Crippen molar-refractivity contribution in [1.29, 1.82) is 0 Å². The van der Waals surface area contributed by atoms with Gasteiger partial charge < -0.3 is 9.84 Å². The SMILES string of the molecule is COc1c(CO)sc2cc(C)ccc12. The van der Waals surface area contributed by atoms with Crippen molar-refractivity contribution in [2.24, 2.45) is 0 Å². The number of aryl methyl sites for hydroxylation is 1. The number of fused-ring (bicyclic) bond motifs is 1. The highest BCUT2D eigenvalue weighted by atomic mass is 32.1. The second kappa shape index (κ2) is 3.59. The predicted octanol–water partition coefficient (Wildman–Crippen LogP) is 2.71. The van der Waals surface area contributed by atoms with Gasteiger partial charge in [0.2, 0.25) is 0 Å². The van der Waals surface area contributed by atoms with Gasteiger partial charge in [-0.05, 0) is 24.6 Å². The van der Waals surface area contributed by atoms with E-state index in [1.54, 1.807) is 18.4 Å².